The van der Waals surface area contributed by atoms with Crippen LogP contribution in [0.2, 0.25) is 0 Å². The number of amides is 1. The minimum absolute atomic E-state index is 0.322. The highest BCUT2D eigenvalue weighted by Gasteiger charge is 2.07. The fourth-order valence-corrected chi connectivity index (χ4v) is 1.99. The number of nitrogens with zero attached hydrogens (tertiary/aromatic N) is 2. The summed E-state index contributed by atoms with van der Waals surface area (Å²) in [7, 11) is 0. The van der Waals surface area contributed by atoms with Crippen molar-refractivity contribution in [2.24, 2.45) is 5.73 Å². The molecular weight excluding hydrogens is 252 g/mol. The van der Waals surface area contributed by atoms with Crippen molar-refractivity contribution in [1.29, 1.82) is 0 Å². The number of hydrogen-bond donors (Lipinski definition) is 2. The van der Waals surface area contributed by atoms with E-state index in [2.05, 4.69) is 36.4 Å². The molecule has 0 aliphatic rings. The Balaban J connectivity index is 2.12. The van der Waals surface area contributed by atoms with Crippen molar-refractivity contribution in [1.82, 2.24) is 15.1 Å². The molecule has 2 aromatic rings. The van der Waals surface area contributed by atoms with Crippen molar-refractivity contribution < 1.29 is 4.79 Å². The maximum absolute atomic E-state index is 11.1. The van der Waals surface area contributed by atoms with Crippen LogP contribution in [0, 0.1) is 0 Å². The van der Waals surface area contributed by atoms with Crippen molar-refractivity contribution in [3.8, 4) is 5.69 Å². The van der Waals surface area contributed by atoms with Gasteiger partial charge in [0, 0.05) is 12.2 Å². The Morgan fingerprint density at radius 3 is 2.65 bits per heavy atom. The fraction of sp³-hybridized carbons (Fsp3) is 0.333. The number of benzene rings is 1. The zero-order valence-corrected chi connectivity index (χ0v) is 11.8. The molecule has 20 heavy (non-hydrogen) atoms. The Morgan fingerprint density at radius 1 is 1.40 bits per heavy atom. The Labute approximate surface area is 118 Å². The standard InChI is InChI=1S/C15H20N4O/c1-3-8-17-11(2)12-4-6-14(7-5-12)19-10-13(9-18-19)15(16)20/h4-7,9-11,17H,3,8H2,1-2H3,(H2,16,20). The SMILES string of the molecule is CCCNC(C)c1ccc(-n2cc(C(N)=O)cn2)cc1. The third kappa shape index (κ3) is 3.24. The first-order chi connectivity index (χ1) is 9.61. The molecule has 1 aromatic carbocycles. The first-order valence-electron chi connectivity index (χ1n) is 6.80. The van der Waals surface area contributed by atoms with E-state index in [4.69, 9.17) is 5.73 Å². The molecule has 1 heterocycles. The van der Waals surface area contributed by atoms with Crippen LogP contribution >= 0.6 is 0 Å². The van der Waals surface area contributed by atoms with Crippen LogP contribution in [0.25, 0.3) is 5.69 Å². The van der Waals surface area contributed by atoms with Gasteiger partial charge >= 0.3 is 0 Å². The minimum atomic E-state index is -0.467. The molecule has 0 saturated carbocycles. The van der Waals surface area contributed by atoms with Gasteiger partial charge in [0.1, 0.15) is 0 Å². The van der Waals surface area contributed by atoms with Gasteiger partial charge < -0.3 is 11.1 Å². The monoisotopic (exact) mass is 272 g/mol. The van der Waals surface area contributed by atoms with E-state index >= 15 is 0 Å². The van der Waals surface area contributed by atoms with Crippen LogP contribution in [0.1, 0.15) is 42.2 Å². The van der Waals surface area contributed by atoms with Gasteiger partial charge in [0.05, 0.1) is 17.4 Å². The lowest BCUT2D eigenvalue weighted by Crippen LogP contribution is -2.19. The molecule has 0 spiro atoms. The lowest BCUT2D eigenvalue weighted by molar-refractivity contribution is 0.100. The van der Waals surface area contributed by atoms with E-state index in [1.165, 1.54) is 11.8 Å². The quantitative estimate of drug-likeness (QED) is 0.845. The highest BCUT2D eigenvalue weighted by Crippen LogP contribution is 2.15. The zero-order valence-electron chi connectivity index (χ0n) is 11.8. The molecule has 5 heteroatoms. The summed E-state index contributed by atoms with van der Waals surface area (Å²) in [5.41, 5.74) is 7.76. The molecule has 1 atom stereocenters. The number of aromatic nitrogens is 2. The third-order valence-corrected chi connectivity index (χ3v) is 3.23. The third-order valence-electron chi connectivity index (χ3n) is 3.23. The number of hydrogen-bond acceptors (Lipinski definition) is 3. The van der Waals surface area contributed by atoms with E-state index in [0.29, 0.717) is 11.6 Å². The number of carbonyl (C=O) groups excluding carboxylic acids is 1. The Kier molecular flexibility index (Phi) is 4.53. The molecule has 2 rings (SSSR count). The molecule has 0 bridgehead atoms. The predicted octanol–water partition coefficient (Wildman–Crippen LogP) is 2.03. The summed E-state index contributed by atoms with van der Waals surface area (Å²) < 4.78 is 1.65. The number of primary amides is 1. The van der Waals surface area contributed by atoms with E-state index in [0.717, 1.165) is 18.7 Å². The van der Waals surface area contributed by atoms with Gasteiger partial charge in [-0.3, -0.25) is 4.79 Å². The second-order valence-corrected chi connectivity index (χ2v) is 4.81. The molecule has 1 amide bonds. The van der Waals surface area contributed by atoms with Crippen LogP contribution in [0.4, 0.5) is 0 Å². The van der Waals surface area contributed by atoms with Gasteiger partial charge in [-0.2, -0.15) is 5.10 Å². The average molecular weight is 272 g/mol. The Hall–Kier alpha value is -2.14. The lowest BCUT2D eigenvalue weighted by atomic mass is 10.1. The van der Waals surface area contributed by atoms with Gasteiger partial charge in [-0.15, -0.1) is 0 Å². The first-order valence-corrected chi connectivity index (χ1v) is 6.80. The lowest BCUT2D eigenvalue weighted by Gasteiger charge is -2.14. The first kappa shape index (κ1) is 14.3. The van der Waals surface area contributed by atoms with Crippen molar-refractivity contribution in [2.45, 2.75) is 26.3 Å². The second-order valence-electron chi connectivity index (χ2n) is 4.81. The molecule has 0 aliphatic carbocycles. The predicted molar refractivity (Wildman–Crippen MR) is 78.8 cm³/mol. The Morgan fingerprint density at radius 2 is 2.10 bits per heavy atom. The topological polar surface area (TPSA) is 72.9 Å². The molecule has 3 N–H and O–H groups in total. The molecule has 106 valence electrons. The molecule has 0 fully saturated rings. The summed E-state index contributed by atoms with van der Waals surface area (Å²) in [5.74, 6) is -0.467. The second kappa shape index (κ2) is 6.34. The van der Waals surface area contributed by atoms with Crippen LogP contribution in [0.5, 0.6) is 0 Å². The largest absolute Gasteiger partial charge is 0.366 e. The van der Waals surface area contributed by atoms with E-state index in [9.17, 15) is 4.79 Å². The highest BCUT2D eigenvalue weighted by molar-refractivity contribution is 5.92. The van der Waals surface area contributed by atoms with Crippen molar-refractivity contribution in [3.63, 3.8) is 0 Å². The Bertz CT molecular complexity index is 574. The number of carbonyl (C=O) groups is 1. The smallest absolute Gasteiger partial charge is 0.251 e. The summed E-state index contributed by atoms with van der Waals surface area (Å²) in [4.78, 5) is 11.1. The van der Waals surface area contributed by atoms with Crippen LogP contribution in [0.15, 0.2) is 36.7 Å². The number of nitrogens with two attached hydrogens (primary N) is 1. The van der Waals surface area contributed by atoms with Gasteiger partial charge in [0.2, 0.25) is 0 Å². The van der Waals surface area contributed by atoms with Gasteiger partial charge in [0.25, 0.3) is 5.91 Å². The summed E-state index contributed by atoms with van der Waals surface area (Å²) in [6.07, 6.45) is 4.23. The van der Waals surface area contributed by atoms with Crippen molar-refractivity contribution in [2.75, 3.05) is 6.54 Å². The van der Waals surface area contributed by atoms with Gasteiger partial charge in [-0.1, -0.05) is 19.1 Å². The van der Waals surface area contributed by atoms with E-state index in [1.807, 2.05) is 12.1 Å². The van der Waals surface area contributed by atoms with Gasteiger partial charge in [0.15, 0.2) is 0 Å². The number of rotatable bonds is 6. The van der Waals surface area contributed by atoms with Crippen LogP contribution in [0.3, 0.4) is 0 Å². The molecule has 0 aliphatic heterocycles. The molecule has 0 saturated heterocycles. The molecule has 1 unspecified atom stereocenters. The van der Waals surface area contributed by atoms with Crippen molar-refractivity contribution in [3.05, 3.63) is 47.8 Å². The zero-order chi connectivity index (χ0) is 14.5. The molecular formula is C15H20N4O. The maximum Gasteiger partial charge on any atom is 0.251 e. The highest BCUT2D eigenvalue weighted by atomic mass is 16.1. The van der Waals surface area contributed by atoms with E-state index in [1.54, 1.807) is 10.9 Å². The number of nitrogens with one attached hydrogen (secondary N) is 1. The van der Waals surface area contributed by atoms with Gasteiger partial charge in [-0.25, -0.2) is 4.68 Å². The van der Waals surface area contributed by atoms with Crippen molar-refractivity contribution >= 4 is 5.91 Å². The van der Waals surface area contributed by atoms with Gasteiger partial charge in [-0.05, 0) is 37.6 Å². The van der Waals surface area contributed by atoms with E-state index < -0.39 is 5.91 Å². The summed E-state index contributed by atoms with van der Waals surface area (Å²) >= 11 is 0. The minimum Gasteiger partial charge on any atom is -0.366 e. The summed E-state index contributed by atoms with van der Waals surface area (Å²) in [6, 6.07) is 8.42. The molecule has 0 radical (unpaired) electrons. The van der Waals surface area contributed by atoms with E-state index in [-0.39, 0.29) is 0 Å². The fourth-order valence-electron chi connectivity index (χ4n) is 1.99. The average Bonchev–Trinajstić information content (AvgIpc) is 2.95. The maximum atomic E-state index is 11.1. The molecule has 1 aromatic heterocycles. The molecule has 5 nitrogen and oxygen atoms in total. The van der Waals surface area contributed by atoms with Crippen LogP contribution < -0.4 is 11.1 Å². The summed E-state index contributed by atoms with van der Waals surface area (Å²) in [5, 5.41) is 7.58. The van der Waals surface area contributed by atoms with Crippen LogP contribution in [-0.4, -0.2) is 22.2 Å². The summed E-state index contributed by atoms with van der Waals surface area (Å²) in [6.45, 7) is 5.30. The normalized spacial score (nSPS) is 12.3. The van der Waals surface area contributed by atoms with Crippen LogP contribution in [-0.2, 0) is 0 Å².